The molecule has 1 unspecified atom stereocenters. The number of carbonyl (C=O) groups is 2. The van der Waals surface area contributed by atoms with E-state index in [2.05, 4.69) is 44.3 Å². The predicted molar refractivity (Wildman–Crippen MR) is 109 cm³/mol. The number of rotatable bonds is 3. The van der Waals surface area contributed by atoms with E-state index >= 15 is 0 Å². The molecule has 2 amide bonds. The van der Waals surface area contributed by atoms with Gasteiger partial charge in [0.2, 0.25) is 0 Å². The fraction of sp³-hybridized carbons (Fsp3) is 0.250. The number of anilines is 2. The number of nitrogens with one attached hydrogen (secondary N) is 4. The molecule has 0 spiro atoms. The van der Waals surface area contributed by atoms with Gasteiger partial charge in [0.05, 0.1) is 17.4 Å². The van der Waals surface area contributed by atoms with E-state index in [1.807, 2.05) is 24.3 Å². The van der Waals surface area contributed by atoms with Gasteiger partial charge in [-0.15, -0.1) is 0 Å². The van der Waals surface area contributed by atoms with Crippen molar-refractivity contribution in [1.29, 1.82) is 0 Å². The number of nitrogens with zero attached hydrogens (tertiary/aromatic N) is 1. The Morgan fingerprint density at radius 2 is 2.00 bits per heavy atom. The smallest absolute Gasteiger partial charge is 0.319 e. The maximum atomic E-state index is 12.2. The van der Waals surface area contributed by atoms with Gasteiger partial charge in [-0.2, -0.15) is 5.10 Å². The summed E-state index contributed by atoms with van der Waals surface area (Å²) in [6.07, 6.45) is 3.75. The molecule has 3 aromatic rings. The minimum absolute atomic E-state index is 0.204. The number of aromatic amines is 1. The summed E-state index contributed by atoms with van der Waals surface area (Å²) >= 11 is 0. The molecule has 0 bridgehead atoms. The lowest BCUT2D eigenvalue weighted by molar-refractivity contribution is -0.134. The molecule has 1 atom stereocenters. The first-order valence-corrected chi connectivity index (χ1v) is 9.04. The molecule has 1 aliphatic heterocycles. The lowest BCUT2D eigenvalue weighted by atomic mass is 9.98. The quantitative estimate of drug-likeness (QED) is 0.477. The van der Waals surface area contributed by atoms with Crippen LogP contribution in [0.15, 0.2) is 48.7 Å². The van der Waals surface area contributed by atoms with E-state index < -0.39 is 5.97 Å². The van der Waals surface area contributed by atoms with Crippen LogP contribution in [0.5, 0.6) is 0 Å². The normalized spacial score (nSPS) is 14.8. The Labute approximate surface area is 162 Å². The van der Waals surface area contributed by atoms with Crippen LogP contribution in [0.4, 0.5) is 16.2 Å². The number of benzene rings is 2. The topological polar surface area (TPSA) is 119 Å². The van der Waals surface area contributed by atoms with Crippen molar-refractivity contribution in [2.75, 3.05) is 17.2 Å². The second-order valence-corrected chi connectivity index (χ2v) is 6.53. The van der Waals surface area contributed by atoms with Gasteiger partial charge in [-0.05, 0) is 36.6 Å². The zero-order valence-corrected chi connectivity index (χ0v) is 15.5. The number of amides is 2. The highest BCUT2D eigenvalue weighted by Crippen LogP contribution is 2.24. The van der Waals surface area contributed by atoms with Crippen molar-refractivity contribution < 1.29 is 14.7 Å². The lowest BCUT2D eigenvalue weighted by Crippen LogP contribution is -2.40. The summed E-state index contributed by atoms with van der Waals surface area (Å²) in [5.74, 6) is -0.833. The summed E-state index contributed by atoms with van der Waals surface area (Å²) in [6.45, 7) is 1.67. The Hall–Kier alpha value is -3.55. The lowest BCUT2D eigenvalue weighted by Gasteiger charge is -2.27. The number of carboxylic acids is 1. The summed E-state index contributed by atoms with van der Waals surface area (Å²) in [5, 5.41) is 24.5. The van der Waals surface area contributed by atoms with Crippen molar-refractivity contribution in [3.05, 3.63) is 54.2 Å². The molecule has 2 aromatic carbocycles. The highest BCUT2D eigenvalue weighted by molar-refractivity contribution is 6.00. The van der Waals surface area contributed by atoms with Crippen LogP contribution in [-0.2, 0) is 11.2 Å². The van der Waals surface area contributed by atoms with E-state index in [4.69, 9.17) is 9.90 Å². The van der Waals surface area contributed by atoms with Gasteiger partial charge < -0.3 is 21.1 Å². The number of aliphatic carboxylic acids is 1. The van der Waals surface area contributed by atoms with E-state index in [0.717, 1.165) is 36.4 Å². The number of hydrogen-bond acceptors (Lipinski definition) is 4. The third kappa shape index (κ3) is 5.00. The summed E-state index contributed by atoms with van der Waals surface area (Å²) < 4.78 is 0. The molecule has 4 rings (SSSR count). The SMILES string of the molecule is CC(=O)O.O=C(NCC1CCc2ccccc2N1)Nc1cccc2[nH]ncc12. The highest BCUT2D eigenvalue weighted by atomic mass is 16.4. The molecule has 0 saturated carbocycles. The maximum Gasteiger partial charge on any atom is 0.319 e. The molecule has 0 aliphatic carbocycles. The monoisotopic (exact) mass is 381 g/mol. The summed E-state index contributed by atoms with van der Waals surface area (Å²) in [4.78, 5) is 21.2. The molecule has 1 aromatic heterocycles. The second kappa shape index (κ2) is 8.90. The molecule has 0 radical (unpaired) electrons. The van der Waals surface area contributed by atoms with Crippen LogP contribution in [0, 0.1) is 0 Å². The molecule has 0 fully saturated rings. The van der Waals surface area contributed by atoms with Gasteiger partial charge in [-0.3, -0.25) is 9.89 Å². The first-order chi connectivity index (χ1) is 13.5. The van der Waals surface area contributed by atoms with Crippen LogP contribution in [0.3, 0.4) is 0 Å². The number of aromatic nitrogens is 2. The first-order valence-electron chi connectivity index (χ1n) is 9.04. The summed E-state index contributed by atoms with van der Waals surface area (Å²) in [6, 6.07) is 14.0. The number of H-pyrrole nitrogens is 1. The molecule has 8 heteroatoms. The molecular weight excluding hydrogens is 358 g/mol. The molecule has 1 aliphatic rings. The standard InChI is InChI=1S/C18H19N5O.C2H4O2/c24-18(22-16-6-3-7-17-14(16)11-20-23-17)19-10-13-9-8-12-4-1-2-5-15(12)21-13;1-2(3)4/h1-7,11,13,21H,8-10H2,(H,20,23)(H2,19,22,24);1H3,(H,3,4). The largest absolute Gasteiger partial charge is 0.481 e. The Bertz CT molecular complexity index is 965. The molecule has 28 heavy (non-hydrogen) atoms. The number of para-hydroxylation sites is 1. The maximum absolute atomic E-state index is 12.2. The van der Waals surface area contributed by atoms with Crippen molar-refractivity contribution >= 4 is 34.3 Å². The summed E-state index contributed by atoms with van der Waals surface area (Å²) in [7, 11) is 0. The minimum Gasteiger partial charge on any atom is -0.481 e. The Morgan fingerprint density at radius 3 is 2.82 bits per heavy atom. The van der Waals surface area contributed by atoms with E-state index in [-0.39, 0.29) is 12.1 Å². The van der Waals surface area contributed by atoms with Crippen molar-refractivity contribution in [3.63, 3.8) is 0 Å². The first kappa shape index (κ1) is 19.2. The molecular formula is C20H23N5O3. The number of carbonyl (C=O) groups excluding carboxylic acids is 1. The average Bonchev–Trinajstić information content (AvgIpc) is 3.16. The van der Waals surface area contributed by atoms with E-state index in [1.165, 1.54) is 11.3 Å². The number of carboxylic acid groups (broad SMARTS) is 1. The molecule has 8 nitrogen and oxygen atoms in total. The molecule has 2 heterocycles. The number of fused-ring (bicyclic) bond motifs is 2. The van der Waals surface area contributed by atoms with Crippen molar-refractivity contribution in [1.82, 2.24) is 15.5 Å². The fourth-order valence-electron chi connectivity index (χ4n) is 3.11. The van der Waals surface area contributed by atoms with E-state index in [9.17, 15) is 4.79 Å². The summed E-state index contributed by atoms with van der Waals surface area (Å²) in [5.41, 5.74) is 4.16. The predicted octanol–water partition coefficient (Wildman–Crippen LogP) is 3.20. The van der Waals surface area contributed by atoms with Crippen molar-refractivity contribution in [3.8, 4) is 0 Å². The third-order valence-corrected chi connectivity index (χ3v) is 4.38. The van der Waals surface area contributed by atoms with Crippen molar-refractivity contribution in [2.45, 2.75) is 25.8 Å². The second-order valence-electron chi connectivity index (χ2n) is 6.53. The number of hydrogen-bond donors (Lipinski definition) is 5. The fourth-order valence-corrected chi connectivity index (χ4v) is 3.11. The Balaban J connectivity index is 0.000000516. The van der Waals surface area contributed by atoms with Gasteiger partial charge in [-0.25, -0.2) is 4.79 Å². The van der Waals surface area contributed by atoms with E-state index in [0.29, 0.717) is 6.54 Å². The van der Waals surface area contributed by atoms with E-state index in [1.54, 1.807) is 6.20 Å². The van der Waals surface area contributed by atoms with Gasteiger partial charge in [0, 0.05) is 30.6 Å². The zero-order valence-electron chi connectivity index (χ0n) is 15.5. The van der Waals surface area contributed by atoms with Gasteiger partial charge in [0.1, 0.15) is 0 Å². The van der Waals surface area contributed by atoms with Crippen LogP contribution in [0.1, 0.15) is 18.9 Å². The third-order valence-electron chi connectivity index (χ3n) is 4.38. The van der Waals surface area contributed by atoms with Gasteiger partial charge in [0.25, 0.3) is 5.97 Å². The Kier molecular flexibility index (Phi) is 6.11. The van der Waals surface area contributed by atoms with Gasteiger partial charge in [-0.1, -0.05) is 24.3 Å². The van der Waals surface area contributed by atoms with Crippen LogP contribution in [-0.4, -0.2) is 39.9 Å². The molecule has 0 saturated heterocycles. The average molecular weight is 381 g/mol. The van der Waals surface area contributed by atoms with Crippen LogP contribution >= 0.6 is 0 Å². The number of aryl methyl sites for hydroxylation is 1. The van der Waals surface area contributed by atoms with Crippen LogP contribution < -0.4 is 16.0 Å². The van der Waals surface area contributed by atoms with Gasteiger partial charge >= 0.3 is 6.03 Å². The zero-order chi connectivity index (χ0) is 19.9. The van der Waals surface area contributed by atoms with Crippen LogP contribution in [0.25, 0.3) is 10.9 Å². The van der Waals surface area contributed by atoms with Crippen molar-refractivity contribution in [2.24, 2.45) is 0 Å². The van der Waals surface area contributed by atoms with Gasteiger partial charge in [0.15, 0.2) is 0 Å². The molecule has 5 N–H and O–H groups in total. The molecule has 146 valence electrons. The number of urea groups is 1. The highest BCUT2D eigenvalue weighted by Gasteiger charge is 2.17. The Morgan fingerprint density at radius 1 is 1.21 bits per heavy atom. The van der Waals surface area contributed by atoms with Crippen LogP contribution in [0.2, 0.25) is 0 Å². The minimum atomic E-state index is -0.833.